The maximum absolute atomic E-state index is 13.2. The first-order valence-corrected chi connectivity index (χ1v) is 10.7. The predicted molar refractivity (Wildman–Crippen MR) is 124 cm³/mol. The van der Waals surface area contributed by atoms with Crippen molar-refractivity contribution < 1.29 is 33.3 Å². The molecule has 0 amide bonds. The van der Waals surface area contributed by atoms with E-state index in [0.29, 0.717) is 45.4 Å². The highest BCUT2D eigenvalue weighted by Crippen LogP contribution is 2.49. The van der Waals surface area contributed by atoms with Gasteiger partial charge in [0.1, 0.15) is 11.5 Å². The Morgan fingerprint density at radius 1 is 0.882 bits per heavy atom. The van der Waals surface area contributed by atoms with E-state index in [9.17, 15) is 9.59 Å². The van der Waals surface area contributed by atoms with Crippen molar-refractivity contribution in [1.29, 1.82) is 0 Å². The van der Waals surface area contributed by atoms with E-state index < -0.39 is 0 Å². The van der Waals surface area contributed by atoms with Gasteiger partial charge in [0, 0.05) is 11.5 Å². The fourth-order valence-electron chi connectivity index (χ4n) is 4.41. The van der Waals surface area contributed by atoms with Crippen LogP contribution in [0.4, 0.5) is 0 Å². The van der Waals surface area contributed by atoms with Crippen LogP contribution in [0.5, 0.6) is 28.7 Å². The average molecular weight is 458 g/mol. The zero-order chi connectivity index (χ0) is 23.8. The third-order valence-electron chi connectivity index (χ3n) is 5.97. The maximum Gasteiger partial charge on any atom is 0.312 e. The molecule has 0 radical (unpaired) electrons. The van der Waals surface area contributed by atoms with Gasteiger partial charge in [-0.05, 0) is 41.5 Å². The molecule has 1 unspecified atom stereocenters. The summed E-state index contributed by atoms with van der Waals surface area (Å²) in [5, 5.41) is 0. The minimum absolute atomic E-state index is 0.154. The van der Waals surface area contributed by atoms with Gasteiger partial charge in [-0.15, -0.1) is 0 Å². The molecule has 34 heavy (non-hydrogen) atoms. The quantitative estimate of drug-likeness (QED) is 0.310. The molecule has 0 fully saturated rings. The number of hydrogen-bond acceptors (Lipinski definition) is 7. The minimum Gasteiger partial charge on any atom is -0.493 e. The summed E-state index contributed by atoms with van der Waals surface area (Å²) >= 11 is 0. The number of methoxy groups -OCH3 is 3. The van der Waals surface area contributed by atoms with Crippen LogP contribution in [0.2, 0.25) is 0 Å². The lowest BCUT2D eigenvalue weighted by Crippen LogP contribution is -2.21. The third-order valence-corrected chi connectivity index (χ3v) is 5.97. The minimum atomic E-state index is -0.321. The first-order chi connectivity index (χ1) is 16.5. The van der Waals surface area contributed by atoms with Gasteiger partial charge in [-0.25, -0.2) is 0 Å². The molecular weight excluding hydrogens is 436 g/mol. The monoisotopic (exact) mass is 458 g/mol. The number of fused-ring (bicyclic) bond motifs is 3. The summed E-state index contributed by atoms with van der Waals surface area (Å²) in [5.74, 6) is 1.51. The number of benzene rings is 3. The highest BCUT2D eigenvalue weighted by molar-refractivity contribution is 6.15. The molecule has 2 heterocycles. The van der Waals surface area contributed by atoms with Crippen LogP contribution >= 0.6 is 0 Å². The normalized spacial score (nSPS) is 17.5. The highest BCUT2D eigenvalue weighted by atomic mass is 16.5. The van der Waals surface area contributed by atoms with Gasteiger partial charge in [0.2, 0.25) is 11.5 Å². The average Bonchev–Trinajstić information content (AvgIpc) is 3.18. The Morgan fingerprint density at radius 2 is 1.59 bits per heavy atom. The van der Waals surface area contributed by atoms with Gasteiger partial charge >= 0.3 is 5.97 Å². The van der Waals surface area contributed by atoms with Gasteiger partial charge in [0.15, 0.2) is 17.3 Å². The molecule has 2 aliphatic rings. The van der Waals surface area contributed by atoms with Gasteiger partial charge in [-0.1, -0.05) is 30.3 Å². The van der Waals surface area contributed by atoms with E-state index in [1.165, 1.54) is 21.3 Å². The Balaban J connectivity index is 1.59. The van der Waals surface area contributed by atoms with Crippen LogP contribution in [0.25, 0.3) is 6.08 Å². The maximum atomic E-state index is 13.2. The van der Waals surface area contributed by atoms with Crippen molar-refractivity contribution in [2.45, 2.75) is 12.3 Å². The van der Waals surface area contributed by atoms with Crippen molar-refractivity contribution in [3.8, 4) is 28.7 Å². The number of Topliss-reactive ketones (excluding diaryl/α,β-unsaturated/α-hetero) is 1. The number of rotatable bonds is 5. The molecule has 0 aliphatic carbocycles. The topological polar surface area (TPSA) is 80.3 Å². The van der Waals surface area contributed by atoms with E-state index in [2.05, 4.69) is 0 Å². The van der Waals surface area contributed by atoms with Crippen LogP contribution < -0.4 is 23.7 Å². The number of esters is 1. The molecule has 2 aliphatic heterocycles. The second-order valence-corrected chi connectivity index (χ2v) is 7.89. The van der Waals surface area contributed by atoms with Crippen molar-refractivity contribution >= 4 is 17.8 Å². The first-order valence-electron chi connectivity index (χ1n) is 10.7. The van der Waals surface area contributed by atoms with Crippen LogP contribution in [0, 0.1) is 0 Å². The van der Waals surface area contributed by atoms with Crippen LogP contribution in [-0.2, 0) is 4.79 Å². The van der Waals surface area contributed by atoms with Crippen molar-refractivity contribution in [2.75, 3.05) is 21.3 Å². The van der Waals surface area contributed by atoms with E-state index in [0.717, 1.165) is 5.56 Å². The molecule has 1 atom stereocenters. The standard InChI is InChI=1S/C27H22O7/c1-30-21-12-15(13-22(31-2)27(21)32-3)11-20-25(29)17-9-10-19-24(26(17)34-20)18(14-23(28)33-19)16-7-5-4-6-8-16/h4-13,18H,14H2,1-3H3. The van der Waals surface area contributed by atoms with E-state index in [4.69, 9.17) is 23.7 Å². The molecule has 0 aromatic heterocycles. The fourth-order valence-corrected chi connectivity index (χ4v) is 4.41. The molecule has 3 aromatic carbocycles. The summed E-state index contributed by atoms with van der Waals surface area (Å²) in [5.41, 5.74) is 2.72. The summed E-state index contributed by atoms with van der Waals surface area (Å²) in [6.45, 7) is 0. The molecule has 5 rings (SSSR count). The predicted octanol–water partition coefficient (Wildman–Crippen LogP) is 4.77. The van der Waals surface area contributed by atoms with E-state index in [1.54, 1.807) is 30.3 Å². The number of ketones is 1. The largest absolute Gasteiger partial charge is 0.493 e. The summed E-state index contributed by atoms with van der Waals surface area (Å²) in [4.78, 5) is 25.5. The second kappa shape index (κ2) is 8.59. The van der Waals surface area contributed by atoms with Crippen molar-refractivity contribution in [1.82, 2.24) is 0 Å². The number of hydrogen-bond donors (Lipinski definition) is 0. The van der Waals surface area contributed by atoms with Crippen LogP contribution in [0.3, 0.4) is 0 Å². The third kappa shape index (κ3) is 3.55. The molecule has 172 valence electrons. The van der Waals surface area contributed by atoms with Gasteiger partial charge in [-0.2, -0.15) is 0 Å². The second-order valence-electron chi connectivity index (χ2n) is 7.89. The summed E-state index contributed by atoms with van der Waals surface area (Å²) in [7, 11) is 4.58. The molecule has 7 heteroatoms. The Labute approximate surface area is 196 Å². The summed E-state index contributed by atoms with van der Waals surface area (Å²) in [6, 6.07) is 16.4. The van der Waals surface area contributed by atoms with Gasteiger partial charge < -0.3 is 23.7 Å². The first kappa shape index (κ1) is 21.6. The Morgan fingerprint density at radius 3 is 2.24 bits per heavy atom. The summed E-state index contributed by atoms with van der Waals surface area (Å²) in [6.07, 6.45) is 1.79. The van der Waals surface area contributed by atoms with Gasteiger partial charge in [-0.3, -0.25) is 9.59 Å². The Bertz CT molecular complexity index is 1300. The lowest BCUT2D eigenvalue weighted by atomic mass is 9.85. The fraction of sp³-hybridized carbons (Fsp3) is 0.185. The zero-order valence-electron chi connectivity index (χ0n) is 18.9. The lowest BCUT2D eigenvalue weighted by molar-refractivity contribution is -0.135. The number of ether oxygens (including phenoxy) is 5. The van der Waals surface area contributed by atoms with Crippen molar-refractivity contribution in [2.24, 2.45) is 0 Å². The number of carbonyl (C=O) groups is 2. The molecular formula is C27H22O7. The zero-order valence-corrected chi connectivity index (χ0v) is 18.9. The number of allylic oxidation sites excluding steroid dienone is 1. The highest BCUT2D eigenvalue weighted by Gasteiger charge is 2.38. The van der Waals surface area contributed by atoms with Crippen LogP contribution in [0.15, 0.2) is 60.4 Å². The lowest BCUT2D eigenvalue weighted by Gasteiger charge is -2.26. The molecule has 3 aromatic rings. The van der Waals surface area contributed by atoms with Crippen molar-refractivity contribution in [3.63, 3.8) is 0 Å². The smallest absolute Gasteiger partial charge is 0.312 e. The molecule has 0 saturated heterocycles. The van der Waals surface area contributed by atoms with E-state index in [-0.39, 0.29) is 29.9 Å². The van der Waals surface area contributed by atoms with E-state index in [1.807, 2.05) is 30.3 Å². The van der Waals surface area contributed by atoms with Gasteiger partial charge in [0.05, 0.1) is 33.3 Å². The van der Waals surface area contributed by atoms with Crippen LogP contribution in [-0.4, -0.2) is 33.1 Å². The van der Waals surface area contributed by atoms with E-state index >= 15 is 0 Å². The van der Waals surface area contributed by atoms with Gasteiger partial charge in [0.25, 0.3) is 0 Å². The summed E-state index contributed by atoms with van der Waals surface area (Å²) < 4.78 is 27.8. The Kier molecular flexibility index (Phi) is 5.45. The number of carbonyl (C=O) groups excluding carboxylic acids is 2. The Hall–Kier alpha value is -4.26. The van der Waals surface area contributed by atoms with Crippen LogP contribution in [0.1, 0.15) is 39.4 Å². The molecule has 7 nitrogen and oxygen atoms in total. The van der Waals surface area contributed by atoms with Crippen molar-refractivity contribution in [3.05, 3.63) is 82.6 Å². The molecule has 0 bridgehead atoms. The molecule has 0 spiro atoms. The SMILES string of the molecule is COc1cc(C=C2Oc3c(ccc4c3C(c3ccccc3)CC(=O)O4)C2=O)cc(OC)c1OC. The molecule has 0 saturated carbocycles. The molecule has 0 N–H and O–H groups in total.